The number of aliphatic carboxylic acids is 1. The summed E-state index contributed by atoms with van der Waals surface area (Å²) in [4.78, 5) is 13.0. The molecule has 6 heteroatoms. The number of rotatable bonds is 6. The van der Waals surface area contributed by atoms with E-state index < -0.39 is 12.0 Å². The Bertz CT molecular complexity index is 506. The van der Waals surface area contributed by atoms with E-state index in [2.05, 4.69) is 4.90 Å². The van der Waals surface area contributed by atoms with E-state index in [0.29, 0.717) is 23.8 Å². The Morgan fingerprint density at radius 2 is 2.14 bits per heavy atom. The second-order valence-corrected chi connectivity index (χ2v) is 5.32. The van der Waals surface area contributed by atoms with Gasteiger partial charge in [0.05, 0.1) is 14.2 Å². The summed E-state index contributed by atoms with van der Waals surface area (Å²) in [6.45, 7) is 1.71. The maximum Gasteiger partial charge on any atom is 0.320 e. The Morgan fingerprint density at radius 3 is 2.76 bits per heavy atom. The largest absolute Gasteiger partial charge is 0.493 e. The molecule has 0 saturated carbocycles. The molecule has 2 atom stereocenters. The minimum Gasteiger partial charge on any atom is -0.493 e. The van der Waals surface area contributed by atoms with Crippen molar-refractivity contribution in [3.05, 3.63) is 18.2 Å². The highest BCUT2D eigenvalue weighted by atomic mass is 16.5. The van der Waals surface area contributed by atoms with Crippen LogP contribution in [-0.4, -0.2) is 44.4 Å². The number of nitrogens with two attached hydrogens (primary N) is 1. The molecule has 1 aliphatic heterocycles. The molecule has 1 heterocycles. The van der Waals surface area contributed by atoms with Crippen LogP contribution in [-0.2, 0) is 4.79 Å². The molecular formula is C15H22N2O4. The Kier molecular flexibility index (Phi) is 4.90. The molecule has 2 rings (SSSR count). The van der Waals surface area contributed by atoms with Crippen LogP contribution >= 0.6 is 0 Å². The maximum absolute atomic E-state index is 10.8. The van der Waals surface area contributed by atoms with Crippen molar-refractivity contribution in [2.45, 2.75) is 18.9 Å². The highest BCUT2D eigenvalue weighted by Gasteiger charge is 2.27. The van der Waals surface area contributed by atoms with Gasteiger partial charge in [0.1, 0.15) is 6.04 Å². The third-order valence-corrected chi connectivity index (χ3v) is 3.92. The van der Waals surface area contributed by atoms with Crippen LogP contribution in [0.15, 0.2) is 18.2 Å². The standard InChI is InChI=1S/C15H22N2O4/c1-20-13-4-3-11(8-14(13)21-2)17-6-5-10(9-17)7-12(16)15(18)19/h3-4,8,10,12H,5-7,9,16H2,1-2H3,(H,18,19). The summed E-state index contributed by atoms with van der Waals surface area (Å²) < 4.78 is 10.5. The summed E-state index contributed by atoms with van der Waals surface area (Å²) >= 11 is 0. The monoisotopic (exact) mass is 294 g/mol. The van der Waals surface area contributed by atoms with Gasteiger partial charge in [-0.2, -0.15) is 0 Å². The fraction of sp³-hybridized carbons (Fsp3) is 0.533. The molecule has 0 amide bonds. The number of carboxylic acids is 1. The molecule has 1 fully saturated rings. The molecule has 1 aromatic carbocycles. The van der Waals surface area contributed by atoms with E-state index in [4.69, 9.17) is 20.3 Å². The Labute approximate surface area is 124 Å². The van der Waals surface area contributed by atoms with E-state index in [9.17, 15) is 4.79 Å². The Morgan fingerprint density at radius 1 is 1.43 bits per heavy atom. The van der Waals surface area contributed by atoms with Crippen molar-refractivity contribution in [3.8, 4) is 11.5 Å². The SMILES string of the molecule is COc1ccc(N2CCC(CC(N)C(=O)O)C2)cc1OC. The van der Waals surface area contributed by atoms with Gasteiger partial charge in [-0.25, -0.2) is 0 Å². The highest BCUT2D eigenvalue weighted by molar-refractivity contribution is 5.73. The molecule has 21 heavy (non-hydrogen) atoms. The van der Waals surface area contributed by atoms with Gasteiger partial charge in [0.15, 0.2) is 11.5 Å². The topological polar surface area (TPSA) is 85.0 Å². The van der Waals surface area contributed by atoms with Gasteiger partial charge in [-0.3, -0.25) is 4.79 Å². The van der Waals surface area contributed by atoms with Crippen molar-refractivity contribution >= 4 is 11.7 Å². The van der Waals surface area contributed by atoms with E-state index >= 15 is 0 Å². The highest BCUT2D eigenvalue weighted by Crippen LogP contribution is 2.34. The minimum atomic E-state index is -0.931. The first-order chi connectivity index (χ1) is 10.0. The summed E-state index contributed by atoms with van der Waals surface area (Å²) in [5.41, 5.74) is 6.66. The van der Waals surface area contributed by atoms with E-state index in [1.165, 1.54) is 0 Å². The van der Waals surface area contributed by atoms with Gasteiger partial charge in [-0.15, -0.1) is 0 Å². The molecule has 0 aliphatic carbocycles. The van der Waals surface area contributed by atoms with Crippen molar-refractivity contribution in [1.29, 1.82) is 0 Å². The predicted molar refractivity (Wildman–Crippen MR) is 80.1 cm³/mol. The van der Waals surface area contributed by atoms with E-state index in [1.807, 2.05) is 18.2 Å². The minimum absolute atomic E-state index is 0.309. The lowest BCUT2D eigenvalue weighted by Gasteiger charge is -2.20. The summed E-state index contributed by atoms with van der Waals surface area (Å²) in [5, 5.41) is 8.88. The molecule has 0 radical (unpaired) electrons. The third-order valence-electron chi connectivity index (χ3n) is 3.92. The number of hydrogen-bond donors (Lipinski definition) is 2. The number of carboxylic acid groups (broad SMARTS) is 1. The average Bonchev–Trinajstić information content (AvgIpc) is 2.94. The van der Waals surface area contributed by atoms with Crippen molar-refractivity contribution in [3.63, 3.8) is 0 Å². The van der Waals surface area contributed by atoms with Crippen LogP contribution in [0.1, 0.15) is 12.8 Å². The summed E-state index contributed by atoms with van der Waals surface area (Å²) in [6, 6.07) is 5.03. The number of methoxy groups -OCH3 is 2. The molecule has 1 aromatic rings. The van der Waals surface area contributed by atoms with E-state index in [1.54, 1.807) is 14.2 Å². The zero-order chi connectivity index (χ0) is 15.4. The van der Waals surface area contributed by atoms with Crippen molar-refractivity contribution in [2.75, 3.05) is 32.2 Å². The van der Waals surface area contributed by atoms with Crippen LogP contribution in [0.5, 0.6) is 11.5 Å². The molecular weight excluding hydrogens is 272 g/mol. The lowest BCUT2D eigenvalue weighted by Crippen LogP contribution is -2.33. The molecule has 6 nitrogen and oxygen atoms in total. The first-order valence-electron chi connectivity index (χ1n) is 7.00. The van der Waals surface area contributed by atoms with Gasteiger partial charge >= 0.3 is 5.97 Å². The quantitative estimate of drug-likeness (QED) is 0.823. The van der Waals surface area contributed by atoms with Gasteiger partial charge in [0.25, 0.3) is 0 Å². The van der Waals surface area contributed by atoms with Gasteiger partial charge < -0.3 is 25.2 Å². The van der Waals surface area contributed by atoms with Gasteiger partial charge in [-0.05, 0) is 30.9 Å². The predicted octanol–water partition coefficient (Wildman–Crippen LogP) is 1.33. The van der Waals surface area contributed by atoms with Crippen molar-refractivity contribution in [1.82, 2.24) is 0 Å². The number of hydrogen-bond acceptors (Lipinski definition) is 5. The first-order valence-corrected chi connectivity index (χ1v) is 7.00. The third kappa shape index (κ3) is 3.58. The molecule has 2 unspecified atom stereocenters. The first kappa shape index (κ1) is 15.4. The van der Waals surface area contributed by atoms with Gasteiger partial charge in [-0.1, -0.05) is 0 Å². The number of benzene rings is 1. The van der Waals surface area contributed by atoms with Crippen molar-refractivity contribution < 1.29 is 19.4 Å². The number of ether oxygens (including phenoxy) is 2. The molecule has 3 N–H and O–H groups in total. The Hall–Kier alpha value is -1.95. The fourth-order valence-corrected chi connectivity index (χ4v) is 2.74. The zero-order valence-electron chi connectivity index (χ0n) is 12.4. The van der Waals surface area contributed by atoms with E-state index in [0.717, 1.165) is 25.2 Å². The van der Waals surface area contributed by atoms with Crippen LogP contribution in [0.25, 0.3) is 0 Å². The summed E-state index contributed by atoms with van der Waals surface area (Å²) in [5.74, 6) is 0.773. The average molecular weight is 294 g/mol. The maximum atomic E-state index is 10.8. The Balaban J connectivity index is 2.02. The molecule has 116 valence electrons. The molecule has 0 spiro atoms. The number of carbonyl (C=O) groups is 1. The van der Waals surface area contributed by atoms with Gasteiger partial charge in [0.2, 0.25) is 0 Å². The van der Waals surface area contributed by atoms with Crippen LogP contribution in [0.4, 0.5) is 5.69 Å². The summed E-state index contributed by atoms with van der Waals surface area (Å²) in [7, 11) is 3.22. The molecule has 0 bridgehead atoms. The fourth-order valence-electron chi connectivity index (χ4n) is 2.74. The molecule has 0 aromatic heterocycles. The van der Waals surface area contributed by atoms with Crippen molar-refractivity contribution in [2.24, 2.45) is 11.7 Å². The zero-order valence-corrected chi connectivity index (χ0v) is 12.4. The smallest absolute Gasteiger partial charge is 0.320 e. The number of anilines is 1. The lowest BCUT2D eigenvalue weighted by atomic mass is 10.00. The second kappa shape index (κ2) is 6.67. The second-order valence-electron chi connectivity index (χ2n) is 5.32. The van der Waals surface area contributed by atoms with Crippen LogP contribution in [0.3, 0.4) is 0 Å². The molecule has 1 saturated heterocycles. The van der Waals surface area contributed by atoms with Crippen LogP contribution in [0, 0.1) is 5.92 Å². The number of nitrogens with zero attached hydrogens (tertiary/aromatic N) is 1. The van der Waals surface area contributed by atoms with Crippen LogP contribution in [0.2, 0.25) is 0 Å². The summed E-state index contributed by atoms with van der Waals surface area (Å²) in [6.07, 6.45) is 1.47. The lowest BCUT2D eigenvalue weighted by molar-refractivity contribution is -0.138. The molecule has 1 aliphatic rings. The van der Waals surface area contributed by atoms with Crippen LogP contribution < -0.4 is 20.1 Å². The van der Waals surface area contributed by atoms with Gasteiger partial charge in [0, 0.05) is 24.8 Å². The normalized spacial score (nSPS) is 19.4. The van der Waals surface area contributed by atoms with E-state index in [-0.39, 0.29) is 0 Å².